The molecular weight excluding hydrogens is 312 g/mol. The molecule has 0 radical (unpaired) electrons. The van der Waals surface area contributed by atoms with E-state index in [4.69, 9.17) is 0 Å². The Morgan fingerprint density at radius 2 is 1.68 bits per heavy atom. The number of hydrazine groups is 1. The lowest BCUT2D eigenvalue weighted by molar-refractivity contribution is -0.126. The average molecular weight is 338 g/mol. The van der Waals surface area contributed by atoms with E-state index in [0.717, 1.165) is 11.1 Å². The van der Waals surface area contributed by atoms with Crippen LogP contribution in [0, 0.1) is 6.92 Å². The lowest BCUT2D eigenvalue weighted by atomic mass is 10.1. The Hall–Kier alpha value is -2.62. The summed E-state index contributed by atoms with van der Waals surface area (Å²) in [6.07, 6.45) is 0.973. The fraction of sp³-hybridized carbons (Fsp3) is 0.333. The number of hydrogen-bond donors (Lipinski definition) is 1. The van der Waals surface area contributed by atoms with Crippen LogP contribution in [-0.2, 0) is 11.2 Å². The van der Waals surface area contributed by atoms with Gasteiger partial charge in [0.05, 0.1) is 5.54 Å². The quantitative estimate of drug-likeness (QED) is 0.860. The van der Waals surface area contributed by atoms with Crippen LogP contribution < -0.4 is 5.43 Å². The van der Waals surface area contributed by atoms with Gasteiger partial charge in [-0.25, -0.2) is 5.01 Å². The van der Waals surface area contributed by atoms with E-state index in [1.807, 2.05) is 76.2 Å². The van der Waals surface area contributed by atoms with E-state index in [1.165, 1.54) is 5.01 Å². The third kappa shape index (κ3) is 5.45. The van der Waals surface area contributed by atoms with Gasteiger partial charge in [0.2, 0.25) is 5.91 Å². The first-order valence-electron chi connectivity index (χ1n) is 8.52. The molecule has 0 saturated heterocycles. The number of nitrogens with zero attached hydrogens (tertiary/aromatic N) is 1. The van der Waals surface area contributed by atoms with Crippen molar-refractivity contribution in [2.75, 3.05) is 0 Å². The van der Waals surface area contributed by atoms with Crippen molar-refractivity contribution in [1.82, 2.24) is 10.4 Å². The molecule has 0 spiro atoms. The fourth-order valence-corrected chi connectivity index (χ4v) is 2.51. The highest BCUT2D eigenvalue weighted by Crippen LogP contribution is 2.16. The van der Waals surface area contributed by atoms with Gasteiger partial charge < -0.3 is 0 Å². The zero-order chi connectivity index (χ0) is 18.4. The SMILES string of the molecule is Cc1cccc(C(=O)N(NC(=O)CCc2ccccc2)C(C)(C)C)c1. The van der Waals surface area contributed by atoms with E-state index in [2.05, 4.69) is 5.43 Å². The van der Waals surface area contributed by atoms with Gasteiger partial charge in [-0.1, -0.05) is 48.0 Å². The highest BCUT2D eigenvalue weighted by atomic mass is 16.2. The fourth-order valence-electron chi connectivity index (χ4n) is 2.51. The summed E-state index contributed by atoms with van der Waals surface area (Å²) in [6, 6.07) is 17.2. The van der Waals surface area contributed by atoms with Crippen molar-refractivity contribution in [3.8, 4) is 0 Å². The second kappa shape index (κ2) is 7.97. The van der Waals surface area contributed by atoms with E-state index < -0.39 is 5.54 Å². The lowest BCUT2D eigenvalue weighted by Gasteiger charge is -2.35. The van der Waals surface area contributed by atoms with Crippen molar-refractivity contribution < 1.29 is 9.59 Å². The molecule has 4 heteroatoms. The lowest BCUT2D eigenvalue weighted by Crippen LogP contribution is -2.55. The van der Waals surface area contributed by atoms with Gasteiger partial charge in [0.1, 0.15) is 0 Å². The summed E-state index contributed by atoms with van der Waals surface area (Å²) < 4.78 is 0. The molecule has 1 N–H and O–H groups in total. The first-order chi connectivity index (χ1) is 11.8. The van der Waals surface area contributed by atoms with E-state index in [0.29, 0.717) is 18.4 Å². The molecule has 2 aromatic carbocycles. The van der Waals surface area contributed by atoms with Crippen LogP contribution in [0.3, 0.4) is 0 Å². The molecule has 0 bridgehead atoms. The number of benzene rings is 2. The third-order valence-electron chi connectivity index (χ3n) is 3.86. The van der Waals surface area contributed by atoms with E-state index in [-0.39, 0.29) is 11.8 Å². The molecule has 0 aliphatic rings. The van der Waals surface area contributed by atoms with Gasteiger partial charge >= 0.3 is 0 Å². The molecule has 4 nitrogen and oxygen atoms in total. The first-order valence-corrected chi connectivity index (χ1v) is 8.52. The zero-order valence-electron chi connectivity index (χ0n) is 15.4. The molecule has 0 aliphatic carbocycles. The van der Waals surface area contributed by atoms with Crippen LogP contribution in [0.1, 0.15) is 48.7 Å². The van der Waals surface area contributed by atoms with Crippen LogP contribution in [0.25, 0.3) is 0 Å². The third-order valence-corrected chi connectivity index (χ3v) is 3.86. The number of rotatable bonds is 4. The van der Waals surface area contributed by atoms with Crippen LogP contribution >= 0.6 is 0 Å². The Labute approximate surface area is 149 Å². The summed E-state index contributed by atoms with van der Waals surface area (Å²) in [6.45, 7) is 7.64. The molecule has 0 aliphatic heterocycles. The molecule has 2 rings (SSSR count). The van der Waals surface area contributed by atoms with Crippen molar-refractivity contribution in [1.29, 1.82) is 0 Å². The summed E-state index contributed by atoms with van der Waals surface area (Å²) in [4.78, 5) is 25.2. The maximum absolute atomic E-state index is 12.9. The zero-order valence-corrected chi connectivity index (χ0v) is 15.4. The van der Waals surface area contributed by atoms with Crippen LogP contribution in [-0.4, -0.2) is 22.4 Å². The highest BCUT2D eigenvalue weighted by molar-refractivity contribution is 5.96. The summed E-state index contributed by atoms with van der Waals surface area (Å²) in [5, 5.41) is 1.43. The summed E-state index contributed by atoms with van der Waals surface area (Å²) in [5.41, 5.74) is 4.94. The Morgan fingerprint density at radius 3 is 2.28 bits per heavy atom. The molecule has 2 aromatic rings. The van der Waals surface area contributed by atoms with Crippen LogP contribution in [0.15, 0.2) is 54.6 Å². The van der Waals surface area contributed by atoms with Crippen molar-refractivity contribution in [3.63, 3.8) is 0 Å². The second-order valence-corrected chi connectivity index (χ2v) is 7.20. The molecule has 132 valence electrons. The minimum Gasteiger partial charge on any atom is -0.273 e. The molecule has 0 heterocycles. The molecule has 0 atom stereocenters. The summed E-state index contributed by atoms with van der Waals surface area (Å²) in [7, 11) is 0. The number of amides is 2. The maximum atomic E-state index is 12.9. The van der Waals surface area contributed by atoms with Gasteiger partial charge in [0.25, 0.3) is 5.91 Å². The molecular formula is C21H26N2O2. The van der Waals surface area contributed by atoms with Crippen molar-refractivity contribution in [3.05, 3.63) is 71.3 Å². The first kappa shape index (κ1) is 18.7. The number of carbonyl (C=O) groups is 2. The van der Waals surface area contributed by atoms with Gasteiger partial charge in [0, 0.05) is 12.0 Å². The Balaban J connectivity index is 2.07. The monoisotopic (exact) mass is 338 g/mol. The topological polar surface area (TPSA) is 49.4 Å². The molecule has 0 unspecified atom stereocenters. The highest BCUT2D eigenvalue weighted by Gasteiger charge is 2.29. The standard InChI is InChI=1S/C21H26N2O2/c1-16-9-8-12-18(15-16)20(25)23(21(2,3)4)22-19(24)14-13-17-10-6-5-7-11-17/h5-12,15H,13-14H2,1-4H3,(H,22,24). The predicted molar refractivity (Wildman–Crippen MR) is 100 cm³/mol. The number of aryl methyl sites for hydroxylation is 2. The maximum Gasteiger partial charge on any atom is 0.272 e. The van der Waals surface area contributed by atoms with Crippen LogP contribution in [0.2, 0.25) is 0 Å². The predicted octanol–water partition coefficient (Wildman–Crippen LogP) is 3.90. The van der Waals surface area contributed by atoms with E-state index in [1.54, 1.807) is 6.07 Å². The largest absolute Gasteiger partial charge is 0.273 e. The van der Waals surface area contributed by atoms with Gasteiger partial charge in [-0.3, -0.25) is 15.0 Å². The minimum atomic E-state index is -0.525. The van der Waals surface area contributed by atoms with Crippen molar-refractivity contribution in [2.24, 2.45) is 0 Å². The Morgan fingerprint density at radius 1 is 1.00 bits per heavy atom. The Bertz CT molecular complexity index is 733. The van der Waals surface area contributed by atoms with Crippen LogP contribution in [0.5, 0.6) is 0 Å². The van der Waals surface area contributed by atoms with Crippen molar-refractivity contribution in [2.45, 2.75) is 46.1 Å². The number of nitrogens with one attached hydrogen (secondary N) is 1. The smallest absolute Gasteiger partial charge is 0.272 e. The molecule has 25 heavy (non-hydrogen) atoms. The number of hydrogen-bond acceptors (Lipinski definition) is 2. The van der Waals surface area contributed by atoms with Gasteiger partial charge in [-0.05, 0) is 51.8 Å². The minimum absolute atomic E-state index is 0.167. The molecule has 0 aromatic heterocycles. The second-order valence-electron chi connectivity index (χ2n) is 7.20. The normalized spacial score (nSPS) is 11.0. The van der Waals surface area contributed by atoms with E-state index in [9.17, 15) is 9.59 Å². The Kier molecular flexibility index (Phi) is 5.97. The van der Waals surface area contributed by atoms with E-state index >= 15 is 0 Å². The van der Waals surface area contributed by atoms with Gasteiger partial charge in [-0.2, -0.15) is 0 Å². The average Bonchev–Trinajstić information content (AvgIpc) is 2.57. The van der Waals surface area contributed by atoms with Crippen molar-refractivity contribution >= 4 is 11.8 Å². The molecule has 0 fully saturated rings. The summed E-state index contributed by atoms with van der Waals surface area (Å²) >= 11 is 0. The summed E-state index contributed by atoms with van der Waals surface area (Å²) in [5.74, 6) is -0.371. The van der Waals surface area contributed by atoms with Gasteiger partial charge in [-0.15, -0.1) is 0 Å². The van der Waals surface area contributed by atoms with Gasteiger partial charge in [0.15, 0.2) is 0 Å². The molecule has 2 amide bonds. The number of carbonyl (C=O) groups excluding carboxylic acids is 2. The van der Waals surface area contributed by atoms with Crippen LogP contribution in [0.4, 0.5) is 0 Å². The molecule has 0 saturated carbocycles.